The number of primary amides is 1. The van der Waals surface area contributed by atoms with Gasteiger partial charge in [0.2, 0.25) is 5.91 Å². The van der Waals surface area contributed by atoms with Gasteiger partial charge in [-0.2, -0.15) is 0 Å². The van der Waals surface area contributed by atoms with Crippen LogP contribution in [0.15, 0.2) is 28.9 Å². The van der Waals surface area contributed by atoms with Crippen molar-refractivity contribution in [3.8, 4) is 0 Å². The van der Waals surface area contributed by atoms with Crippen molar-refractivity contribution in [3.63, 3.8) is 0 Å². The second-order valence-corrected chi connectivity index (χ2v) is 4.26. The van der Waals surface area contributed by atoms with E-state index in [1.165, 1.54) is 6.20 Å². The predicted molar refractivity (Wildman–Crippen MR) is 62.7 cm³/mol. The highest BCUT2D eigenvalue weighted by atomic mass is 79.9. The zero-order valence-electron chi connectivity index (χ0n) is 8.12. The number of fused-ring (bicyclic) bond motifs is 1. The third-order valence-electron chi connectivity index (χ3n) is 2.17. The summed E-state index contributed by atoms with van der Waals surface area (Å²) in [6, 6.07) is 5.71. The van der Waals surface area contributed by atoms with Crippen LogP contribution < -0.4 is 5.73 Å². The van der Waals surface area contributed by atoms with Crippen LogP contribution in [-0.4, -0.2) is 10.9 Å². The summed E-state index contributed by atoms with van der Waals surface area (Å²) in [5, 5.41) is 0.915. The van der Waals surface area contributed by atoms with E-state index in [9.17, 15) is 4.79 Å². The maximum absolute atomic E-state index is 11.0. The highest BCUT2D eigenvalue weighted by molar-refractivity contribution is 9.10. The second kappa shape index (κ2) is 3.62. The summed E-state index contributed by atoms with van der Waals surface area (Å²) in [5.41, 5.74) is 7.57. The molecule has 0 aliphatic carbocycles. The van der Waals surface area contributed by atoms with Crippen molar-refractivity contribution in [2.24, 2.45) is 5.73 Å². The van der Waals surface area contributed by atoms with E-state index < -0.39 is 5.91 Å². The zero-order valence-corrected chi connectivity index (χ0v) is 9.71. The molecule has 3 nitrogen and oxygen atoms in total. The van der Waals surface area contributed by atoms with Crippen LogP contribution in [0, 0.1) is 6.92 Å². The Bertz CT molecular complexity index is 552. The molecule has 2 rings (SSSR count). The number of halogens is 1. The van der Waals surface area contributed by atoms with Gasteiger partial charge in [0.25, 0.3) is 0 Å². The van der Waals surface area contributed by atoms with E-state index >= 15 is 0 Å². The van der Waals surface area contributed by atoms with Crippen molar-refractivity contribution < 1.29 is 4.79 Å². The summed E-state index contributed by atoms with van der Waals surface area (Å²) in [7, 11) is 0. The van der Waals surface area contributed by atoms with Gasteiger partial charge in [-0.25, -0.2) is 0 Å². The molecule has 0 bridgehead atoms. The number of pyridine rings is 1. The topological polar surface area (TPSA) is 56.0 Å². The van der Waals surface area contributed by atoms with E-state index in [0.717, 1.165) is 20.9 Å². The lowest BCUT2D eigenvalue weighted by Crippen LogP contribution is -2.11. The van der Waals surface area contributed by atoms with Crippen LogP contribution in [0.25, 0.3) is 10.9 Å². The fourth-order valence-electron chi connectivity index (χ4n) is 1.48. The van der Waals surface area contributed by atoms with Gasteiger partial charge in [-0.05, 0) is 46.6 Å². The number of aromatic nitrogens is 1. The van der Waals surface area contributed by atoms with Crippen LogP contribution >= 0.6 is 15.9 Å². The van der Waals surface area contributed by atoms with Gasteiger partial charge in [0, 0.05) is 16.1 Å². The maximum atomic E-state index is 11.0. The van der Waals surface area contributed by atoms with E-state index in [2.05, 4.69) is 20.9 Å². The summed E-state index contributed by atoms with van der Waals surface area (Å²) in [4.78, 5) is 15.2. The van der Waals surface area contributed by atoms with E-state index in [-0.39, 0.29) is 0 Å². The number of hydrogen-bond donors (Lipinski definition) is 1. The van der Waals surface area contributed by atoms with Crippen LogP contribution in [0.5, 0.6) is 0 Å². The minimum absolute atomic E-state index is 0.431. The number of benzene rings is 1. The van der Waals surface area contributed by atoms with Crippen LogP contribution in [0.1, 0.15) is 15.9 Å². The van der Waals surface area contributed by atoms with E-state index in [4.69, 9.17) is 5.73 Å². The average molecular weight is 265 g/mol. The molecule has 0 unspecified atom stereocenters. The van der Waals surface area contributed by atoms with Gasteiger partial charge < -0.3 is 5.73 Å². The molecular weight excluding hydrogens is 256 g/mol. The van der Waals surface area contributed by atoms with Gasteiger partial charge >= 0.3 is 0 Å². The Morgan fingerprint density at radius 2 is 2.13 bits per heavy atom. The molecule has 2 aromatic rings. The molecule has 0 atom stereocenters. The fraction of sp³-hybridized carbons (Fsp3) is 0.0909. The molecule has 0 aliphatic rings. The SMILES string of the molecule is Cc1cc(Br)c2ncc(C(N)=O)cc2c1. The summed E-state index contributed by atoms with van der Waals surface area (Å²) in [5.74, 6) is -0.456. The van der Waals surface area contributed by atoms with Crippen LogP contribution in [0.2, 0.25) is 0 Å². The number of rotatable bonds is 1. The molecule has 0 fully saturated rings. The largest absolute Gasteiger partial charge is 0.366 e. The van der Waals surface area contributed by atoms with Crippen LogP contribution in [-0.2, 0) is 0 Å². The van der Waals surface area contributed by atoms with Crippen molar-refractivity contribution in [1.82, 2.24) is 4.98 Å². The van der Waals surface area contributed by atoms with Crippen molar-refractivity contribution in [2.45, 2.75) is 6.92 Å². The monoisotopic (exact) mass is 264 g/mol. The Hall–Kier alpha value is -1.42. The van der Waals surface area contributed by atoms with Gasteiger partial charge in [-0.1, -0.05) is 0 Å². The summed E-state index contributed by atoms with van der Waals surface area (Å²) >= 11 is 3.43. The standard InChI is InChI=1S/C11H9BrN2O/c1-6-2-7-4-8(11(13)15)5-14-10(7)9(12)3-6/h2-5H,1H3,(H2,13,15). The van der Waals surface area contributed by atoms with E-state index in [0.29, 0.717) is 5.56 Å². The number of hydrogen-bond acceptors (Lipinski definition) is 2. The van der Waals surface area contributed by atoms with Crippen molar-refractivity contribution in [3.05, 3.63) is 40.0 Å². The van der Waals surface area contributed by atoms with Crippen LogP contribution in [0.4, 0.5) is 0 Å². The zero-order chi connectivity index (χ0) is 11.0. The predicted octanol–water partition coefficient (Wildman–Crippen LogP) is 2.40. The molecular formula is C11H9BrN2O. The van der Waals surface area contributed by atoms with E-state index in [1.807, 2.05) is 19.1 Å². The molecule has 1 aromatic heterocycles. The Morgan fingerprint density at radius 1 is 1.40 bits per heavy atom. The summed E-state index contributed by atoms with van der Waals surface area (Å²) < 4.78 is 0.925. The Labute approximate surface area is 95.4 Å². The lowest BCUT2D eigenvalue weighted by molar-refractivity contribution is 0.1000. The molecule has 0 radical (unpaired) electrons. The summed E-state index contributed by atoms with van der Waals surface area (Å²) in [6.07, 6.45) is 1.49. The molecule has 76 valence electrons. The number of nitrogens with two attached hydrogens (primary N) is 1. The molecule has 1 amide bonds. The van der Waals surface area contributed by atoms with Gasteiger partial charge in [0.1, 0.15) is 0 Å². The molecule has 0 aliphatic heterocycles. The number of amides is 1. The highest BCUT2D eigenvalue weighted by Gasteiger charge is 2.05. The minimum atomic E-state index is -0.456. The smallest absolute Gasteiger partial charge is 0.250 e. The number of carbonyl (C=O) groups is 1. The first-order valence-electron chi connectivity index (χ1n) is 4.43. The number of aryl methyl sites for hydroxylation is 1. The first kappa shape index (κ1) is 10.1. The third-order valence-corrected chi connectivity index (χ3v) is 2.77. The molecule has 1 aromatic carbocycles. The minimum Gasteiger partial charge on any atom is -0.366 e. The molecule has 2 N–H and O–H groups in total. The van der Waals surface area contributed by atoms with Gasteiger partial charge in [0.05, 0.1) is 11.1 Å². The quantitative estimate of drug-likeness (QED) is 0.860. The average Bonchev–Trinajstić information content (AvgIpc) is 2.16. The molecule has 0 spiro atoms. The maximum Gasteiger partial charge on any atom is 0.250 e. The lowest BCUT2D eigenvalue weighted by atomic mass is 10.1. The van der Waals surface area contributed by atoms with E-state index in [1.54, 1.807) is 6.07 Å². The molecule has 15 heavy (non-hydrogen) atoms. The highest BCUT2D eigenvalue weighted by Crippen LogP contribution is 2.24. The third kappa shape index (κ3) is 1.85. The Kier molecular flexibility index (Phi) is 2.44. The molecule has 1 heterocycles. The first-order chi connectivity index (χ1) is 7.08. The normalized spacial score (nSPS) is 10.5. The number of carbonyl (C=O) groups excluding carboxylic acids is 1. The Balaban J connectivity index is 2.76. The molecule has 0 saturated heterocycles. The van der Waals surface area contributed by atoms with Gasteiger partial charge in [-0.3, -0.25) is 9.78 Å². The molecule has 0 saturated carbocycles. The van der Waals surface area contributed by atoms with Crippen molar-refractivity contribution in [1.29, 1.82) is 0 Å². The first-order valence-corrected chi connectivity index (χ1v) is 5.23. The Morgan fingerprint density at radius 3 is 2.80 bits per heavy atom. The molecule has 4 heteroatoms. The van der Waals surface area contributed by atoms with Crippen LogP contribution in [0.3, 0.4) is 0 Å². The number of nitrogens with zero attached hydrogens (tertiary/aromatic N) is 1. The van der Waals surface area contributed by atoms with Gasteiger partial charge in [0.15, 0.2) is 0 Å². The van der Waals surface area contributed by atoms with Crippen molar-refractivity contribution >= 4 is 32.7 Å². The summed E-state index contributed by atoms with van der Waals surface area (Å²) in [6.45, 7) is 1.99. The fourth-order valence-corrected chi connectivity index (χ4v) is 2.17. The lowest BCUT2D eigenvalue weighted by Gasteiger charge is -2.03. The van der Waals surface area contributed by atoms with Crippen molar-refractivity contribution in [2.75, 3.05) is 0 Å². The second-order valence-electron chi connectivity index (χ2n) is 3.41. The van der Waals surface area contributed by atoms with Gasteiger partial charge in [-0.15, -0.1) is 0 Å².